The van der Waals surface area contributed by atoms with E-state index in [9.17, 15) is 4.79 Å². The minimum absolute atomic E-state index is 0.0933. The van der Waals surface area contributed by atoms with Crippen molar-refractivity contribution in [3.05, 3.63) is 33.3 Å². The smallest absolute Gasteiger partial charge is 0.407 e. The first kappa shape index (κ1) is 18.6. The third-order valence-corrected chi connectivity index (χ3v) is 4.44. The molecule has 1 amide bonds. The van der Waals surface area contributed by atoms with Crippen LogP contribution in [0.25, 0.3) is 0 Å². The SMILES string of the molecule is CC(C)(C)OC(=O)NC(CNCc1cc(Br)ccc1Cl)C1CC1. The summed E-state index contributed by atoms with van der Waals surface area (Å²) in [6, 6.07) is 5.89. The quantitative estimate of drug-likeness (QED) is 0.735. The fourth-order valence-electron chi connectivity index (χ4n) is 2.33. The van der Waals surface area contributed by atoms with Crippen LogP contribution in [0, 0.1) is 5.92 Å². The molecular weight excluding hydrogens is 380 g/mol. The van der Waals surface area contributed by atoms with Gasteiger partial charge in [-0.1, -0.05) is 27.5 Å². The molecule has 0 radical (unpaired) electrons. The van der Waals surface area contributed by atoms with Crippen LogP contribution in [-0.4, -0.2) is 24.3 Å². The molecule has 6 heteroatoms. The zero-order valence-electron chi connectivity index (χ0n) is 13.8. The van der Waals surface area contributed by atoms with Gasteiger partial charge in [0.1, 0.15) is 5.60 Å². The van der Waals surface area contributed by atoms with Crippen LogP contribution in [0.4, 0.5) is 4.79 Å². The number of hydrogen-bond acceptors (Lipinski definition) is 3. The highest BCUT2D eigenvalue weighted by molar-refractivity contribution is 9.10. The maximum absolute atomic E-state index is 11.9. The highest BCUT2D eigenvalue weighted by atomic mass is 79.9. The molecule has 128 valence electrons. The van der Waals surface area contributed by atoms with Gasteiger partial charge < -0.3 is 15.4 Å². The van der Waals surface area contributed by atoms with Gasteiger partial charge in [-0.25, -0.2) is 4.79 Å². The lowest BCUT2D eigenvalue weighted by atomic mass is 10.1. The van der Waals surface area contributed by atoms with Gasteiger partial charge in [-0.05, 0) is 63.3 Å². The van der Waals surface area contributed by atoms with E-state index < -0.39 is 5.60 Å². The van der Waals surface area contributed by atoms with E-state index in [0.29, 0.717) is 19.0 Å². The predicted molar refractivity (Wildman–Crippen MR) is 96.7 cm³/mol. The summed E-state index contributed by atoms with van der Waals surface area (Å²) in [5.41, 5.74) is 0.558. The number of amides is 1. The van der Waals surface area contributed by atoms with Gasteiger partial charge in [0.05, 0.1) is 0 Å². The van der Waals surface area contributed by atoms with Crippen LogP contribution in [0.2, 0.25) is 5.02 Å². The van der Waals surface area contributed by atoms with Gasteiger partial charge in [-0.15, -0.1) is 0 Å². The fraction of sp³-hybridized carbons (Fsp3) is 0.588. The van der Waals surface area contributed by atoms with E-state index >= 15 is 0 Å². The largest absolute Gasteiger partial charge is 0.444 e. The zero-order chi connectivity index (χ0) is 17.0. The molecule has 0 saturated heterocycles. The standard InChI is InChI=1S/C17H24BrClN2O2/c1-17(2,3)23-16(22)21-15(11-4-5-11)10-20-9-12-8-13(18)6-7-14(12)19/h6-8,11,15,20H,4-5,9-10H2,1-3H3,(H,21,22). The molecule has 0 aromatic heterocycles. The van der Waals surface area contributed by atoms with Crippen molar-refractivity contribution >= 4 is 33.6 Å². The molecule has 0 bridgehead atoms. The van der Waals surface area contributed by atoms with Gasteiger partial charge in [0.25, 0.3) is 0 Å². The van der Waals surface area contributed by atoms with Gasteiger partial charge in [0.15, 0.2) is 0 Å². The molecule has 1 atom stereocenters. The van der Waals surface area contributed by atoms with Crippen LogP contribution < -0.4 is 10.6 Å². The number of carbonyl (C=O) groups excluding carboxylic acids is 1. The highest BCUT2D eigenvalue weighted by Crippen LogP contribution is 2.32. The normalized spacial score (nSPS) is 16.0. The number of benzene rings is 1. The summed E-state index contributed by atoms with van der Waals surface area (Å²) in [4.78, 5) is 11.9. The molecule has 0 heterocycles. The lowest BCUT2D eigenvalue weighted by Gasteiger charge is -2.24. The molecule has 1 aromatic rings. The van der Waals surface area contributed by atoms with Crippen molar-refractivity contribution in [2.45, 2.75) is 51.8 Å². The molecule has 4 nitrogen and oxygen atoms in total. The maximum Gasteiger partial charge on any atom is 0.407 e. The number of ether oxygens (including phenoxy) is 1. The first-order chi connectivity index (χ1) is 10.7. The molecule has 2 rings (SSSR count). The molecule has 1 fully saturated rings. The predicted octanol–water partition coefficient (Wildman–Crippen LogP) is 4.50. The van der Waals surface area contributed by atoms with E-state index in [0.717, 1.165) is 27.9 Å². The third-order valence-electron chi connectivity index (χ3n) is 3.58. The minimum atomic E-state index is -0.477. The maximum atomic E-state index is 11.9. The van der Waals surface area contributed by atoms with E-state index in [4.69, 9.17) is 16.3 Å². The zero-order valence-corrected chi connectivity index (χ0v) is 16.1. The summed E-state index contributed by atoms with van der Waals surface area (Å²) in [5.74, 6) is 0.535. The Balaban J connectivity index is 1.83. The van der Waals surface area contributed by atoms with Crippen LogP contribution in [0.3, 0.4) is 0 Å². The molecule has 1 aliphatic rings. The van der Waals surface area contributed by atoms with E-state index in [1.54, 1.807) is 0 Å². The second kappa shape index (κ2) is 7.86. The van der Waals surface area contributed by atoms with Crippen molar-refractivity contribution in [2.75, 3.05) is 6.54 Å². The van der Waals surface area contributed by atoms with E-state index in [-0.39, 0.29) is 12.1 Å². The highest BCUT2D eigenvalue weighted by Gasteiger charge is 2.33. The molecule has 0 spiro atoms. The third kappa shape index (κ3) is 6.69. The number of carbonyl (C=O) groups is 1. The molecule has 1 unspecified atom stereocenters. The van der Waals surface area contributed by atoms with Crippen LogP contribution in [0.1, 0.15) is 39.2 Å². The monoisotopic (exact) mass is 402 g/mol. The summed E-state index contributed by atoms with van der Waals surface area (Å²) in [6.45, 7) is 6.97. The summed E-state index contributed by atoms with van der Waals surface area (Å²) in [5, 5.41) is 7.11. The molecule has 23 heavy (non-hydrogen) atoms. The van der Waals surface area contributed by atoms with Gasteiger partial charge in [-0.3, -0.25) is 0 Å². The van der Waals surface area contributed by atoms with Gasteiger partial charge in [0, 0.05) is 28.6 Å². The van der Waals surface area contributed by atoms with Gasteiger partial charge in [-0.2, -0.15) is 0 Å². The van der Waals surface area contributed by atoms with Crippen molar-refractivity contribution in [2.24, 2.45) is 5.92 Å². The Morgan fingerprint density at radius 2 is 2.13 bits per heavy atom. The summed E-state index contributed by atoms with van der Waals surface area (Å²) < 4.78 is 6.34. The molecule has 2 N–H and O–H groups in total. The second-order valence-electron chi connectivity index (χ2n) is 6.96. The number of halogens is 2. The average Bonchev–Trinajstić information content (AvgIpc) is 3.24. The topological polar surface area (TPSA) is 50.4 Å². The lowest BCUT2D eigenvalue weighted by molar-refractivity contribution is 0.0497. The van der Waals surface area contributed by atoms with E-state index in [1.165, 1.54) is 0 Å². The Labute approximate surface area is 151 Å². The first-order valence-electron chi connectivity index (χ1n) is 7.89. The van der Waals surface area contributed by atoms with Crippen molar-refractivity contribution < 1.29 is 9.53 Å². The van der Waals surface area contributed by atoms with Crippen LogP contribution in [0.15, 0.2) is 22.7 Å². The van der Waals surface area contributed by atoms with Crippen molar-refractivity contribution in [1.82, 2.24) is 10.6 Å². The fourth-order valence-corrected chi connectivity index (χ4v) is 2.93. The Bertz CT molecular complexity index is 556. The molecule has 1 saturated carbocycles. The summed E-state index contributed by atoms with van der Waals surface area (Å²) in [6.07, 6.45) is 1.95. The van der Waals surface area contributed by atoms with Gasteiger partial charge in [0.2, 0.25) is 0 Å². The van der Waals surface area contributed by atoms with Crippen LogP contribution in [-0.2, 0) is 11.3 Å². The molecule has 1 aromatic carbocycles. The second-order valence-corrected chi connectivity index (χ2v) is 8.28. The Hall–Kier alpha value is -0.780. The average molecular weight is 404 g/mol. The first-order valence-corrected chi connectivity index (χ1v) is 9.06. The van der Waals surface area contributed by atoms with E-state index in [2.05, 4.69) is 26.6 Å². The molecule has 1 aliphatic carbocycles. The number of hydrogen-bond donors (Lipinski definition) is 2. The summed E-state index contributed by atoms with van der Waals surface area (Å²) >= 11 is 9.64. The van der Waals surface area contributed by atoms with Crippen LogP contribution >= 0.6 is 27.5 Å². The van der Waals surface area contributed by atoms with Crippen molar-refractivity contribution in [1.29, 1.82) is 0 Å². The Morgan fingerprint density at radius 1 is 1.43 bits per heavy atom. The Kier molecular flexibility index (Phi) is 6.34. The molecule has 0 aliphatic heterocycles. The Morgan fingerprint density at radius 3 is 2.74 bits per heavy atom. The number of nitrogens with one attached hydrogen (secondary N) is 2. The van der Waals surface area contributed by atoms with Crippen LogP contribution in [0.5, 0.6) is 0 Å². The van der Waals surface area contributed by atoms with Gasteiger partial charge >= 0.3 is 6.09 Å². The number of alkyl carbamates (subject to hydrolysis) is 1. The van der Waals surface area contributed by atoms with Crippen molar-refractivity contribution in [3.63, 3.8) is 0 Å². The van der Waals surface area contributed by atoms with Crippen molar-refractivity contribution in [3.8, 4) is 0 Å². The molecular formula is C17H24BrClN2O2. The minimum Gasteiger partial charge on any atom is -0.444 e. The summed E-state index contributed by atoms with van der Waals surface area (Å²) in [7, 11) is 0. The number of rotatable bonds is 6. The lowest BCUT2D eigenvalue weighted by Crippen LogP contribution is -2.45. The van der Waals surface area contributed by atoms with E-state index in [1.807, 2.05) is 39.0 Å².